The van der Waals surface area contributed by atoms with Crippen molar-refractivity contribution in [2.75, 3.05) is 13.1 Å². The summed E-state index contributed by atoms with van der Waals surface area (Å²) < 4.78 is 0. The molecule has 6 heteroatoms. The van der Waals surface area contributed by atoms with Crippen LogP contribution in [0, 0.1) is 0 Å². The van der Waals surface area contributed by atoms with Crippen molar-refractivity contribution in [3.63, 3.8) is 0 Å². The first-order valence-electron chi connectivity index (χ1n) is 8.98. The van der Waals surface area contributed by atoms with Crippen LogP contribution >= 0.6 is 0 Å². The Balaban J connectivity index is 1.70. The molecule has 1 aromatic heterocycles. The first-order valence-corrected chi connectivity index (χ1v) is 8.98. The second kappa shape index (κ2) is 9.10. The van der Waals surface area contributed by atoms with Crippen LogP contribution in [-0.2, 0) is 11.2 Å². The number of hydrogen-bond acceptors (Lipinski definition) is 4. The highest BCUT2D eigenvalue weighted by atomic mass is 16.2. The number of nitrogens with zero attached hydrogens (tertiary/aromatic N) is 1. The van der Waals surface area contributed by atoms with E-state index in [1.807, 2.05) is 30.3 Å². The zero-order valence-electron chi connectivity index (χ0n) is 14.7. The van der Waals surface area contributed by atoms with Crippen LogP contribution in [0.5, 0.6) is 0 Å². The van der Waals surface area contributed by atoms with Crippen LogP contribution in [0.25, 0.3) is 0 Å². The van der Waals surface area contributed by atoms with E-state index >= 15 is 0 Å². The number of carbonyl (C=O) groups excluding carboxylic acids is 2. The summed E-state index contributed by atoms with van der Waals surface area (Å²) in [6.07, 6.45) is 5.54. The van der Waals surface area contributed by atoms with E-state index in [4.69, 9.17) is 0 Å². The Morgan fingerprint density at radius 1 is 1.19 bits per heavy atom. The maximum Gasteiger partial charge on any atom is 0.253 e. The lowest BCUT2D eigenvalue weighted by molar-refractivity contribution is -0.123. The van der Waals surface area contributed by atoms with Gasteiger partial charge in [0.2, 0.25) is 5.91 Å². The fraction of sp³-hybridized carbons (Fsp3) is 0.350. The number of rotatable bonds is 6. The van der Waals surface area contributed by atoms with Crippen LogP contribution in [0.15, 0.2) is 54.9 Å². The zero-order chi connectivity index (χ0) is 18.2. The van der Waals surface area contributed by atoms with Crippen molar-refractivity contribution in [1.82, 2.24) is 20.9 Å². The molecule has 0 spiro atoms. The standard InChI is InChI=1S/C20H24N4O2/c25-19(16-8-4-10-21-13-16)24-18(12-15-6-2-1-3-7-15)20(26)23-17-9-5-11-22-14-17/h1-4,6-8,10,13,17-18,22H,5,9,11-12,14H2,(H,23,26)(H,24,25)/t17-,18?/m0/s1. The quantitative estimate of drug-likeness (QED) is 0.732. The molecule has 2 amide bonds. The van der Waals surface area contributed by atoms with E-state index < -0.39 is 6.04 Å². The summed E-state index contributed by atoms with van der Waals surface area (Å²) in [5, 5.41) is 9.21. The first kappa shape index (κ1) is 18.1. The smallest absolute Gasteiger partial charge is 0.253 e. The van der Waals surface area contributed by atoms with Gasteiger partial charge in [-0.3, -0.25) is 14.6 Å². The molecule has 136 valence electrons. The van der Waals surface area contributed by atoms with Gasteiger partial charge in [-0.1, -0.05) is 30.3 Å². The van der Waals surface area contributed by atoms with Crippen LogP contribution < -0.4 is 16.0 Å². The van der Waals surface area contributed by atoms with Gasteiger partial charge in [0.15, 0.2) is 0 Å². The van der Waals surface area contributed by atoms with Gasteiger partial charge in [-0.15, -0.1) is 0 Å². The maximum absolute atomic E-state index is 12.8. The molecule has 2 aromatic rings. The third kappa shape index (κ3) is 5.13. The van der Waals surface area contributed by atoms with Crippen molar-refractivity contribution in [3.05, 3.63) is 66.0 Å². The van der Waals surface area contributed by atoms with Gasteiger partial charge in [0.25, 0.3) is 5.91 Å². The Morgan fingerprint density at radius 2 is 2.04 bits per heavy atom. The fourth-order valence-electron chi connectivity index (χ4n) is 3.07. The minimum absolute atomic E-state index is 0.102. The highest BCUT2D eigenvalue weighted by molar-refractivity contribution is 5.97. The number of aromatic nitrogens is 1. The van der Waals surface area contributed by atoms with Gasteiger partial charge in [-0.2, -0.15) is 0 Å². The number of nitrogens with one attached hydrogen (secondary N) is 3. The van der Waals surface area contributed by atoms with Crippen LogP contribution in [0.4, 0.5) is 0 Å². The highest BCUT2D eigenvalue weighted by Gasteiger charge is 2.25. The largest absolute Gasteiger partial charge is 0.350 e. The Labute approximate surface area is 153 Å². The molecule has 2 atom stereocenters. The minimum atomic E-state index is -0.632. The number of hydrogen-bond donors (Lipinski definition) is 3. The van der Waals surface area contributed by atoms with Crippen LogP contribution in [-0.4, -0.2) is 42.0 Å². The number of benzene rings is 1. The molecule has 1 saturated heterocycles. The molecule has 6 nitrogen and oxygen atoms in total. The molecule has 1 aliphatic heterocycles. The normalized spacial score (nSPS) is 17.9. The molecule has 3 rings (SSSR count). The molecule has 1 aliphatic rings. The number of carbonyl (C=O) groups is 2. The summed E-state index contributed by atoms with van der Waals surface area (Å²) in [5.41, 5.74) is 1.44. The summed E-state index contributed by atoms with van der Waals surface area (Å²) in [4.78, 5) is 29.3. The average Bonchev–Trinajstić information content (AvgIpc) is 2.69. The van der Waals surface area contributed by atoms with Gasteiger partial charge in [0.1, 0.15) is 6.04 Å². The SMILES string of the molecule is O=C(NC(Cc1ccccc1)C(=O)N[C@H]1CCCNC1)c1cccnc1. The molecule has 0 saturated carbocycles. The lowest BCUT2D eigenvalue weighted by Crippen LogP contribution is -2.53. The molecular weight excluding hydrogens is 328 g/mol. The molecule has 0 radical (unpaired) electrons. The Bertz CT molecular complexity index is 715. The van der Waals surface area contributed by atoms with E-state index in [2.05, 4.69) is 20.9 Å². The number of pyridine rings is 1. The van der Waals surface area contributed by atoms with Crippen molar-refractivity contribution >= 4 is 11.8 Å². The number of piperidine rings is 1. The molecule has 0 bridgehead atoms. The topological polar surface area (TPSA) is 83.1 Å². The number of amides is 2. The zero-order valence-corrected chi connectivity index (χ0v) is 14.7. The third-order valence-corrected chi connectivity index (χ3v) is 4.47. The first-order chi connectivity index (χ1) is 12.7. The van der Waals surface area contributed by atoms with Gasteiger partial charge in [-0.25, -0.2) is 0 Å². The van der Waals surface area contributed by atoms with E-state index in [1.54, 1.807) is 18.3 Å². The fourth-order valence-corrected chi connectivity index (χ4v) is 3.07. The summed E-state index contributed by atoms with van der Waals surface area (Å²) >= 11 is 0. The summed E-state index contributed by atoms with van der Waals surface area (Å²) in [6.45, 7) is 1.75. The van der Waals surface area contributed by atoms with Crippen LogP contribution in [0.3, 0.4) is 0 Å². The summed E-state index contributed by atoms with van der Waals surface area (Å²) in [7, 11) is 0. The van der Waals surface area contributed by atoms with Crippen molar-refractivity contribution < 1.29 is 9.59 Å². The van der Waals surface area contributed by atoms with E-state index in [-0.39, 0.29) is 17.9 Å². The molecule has 1 aromatic carbocycles. The van der Waals surface area contributed by atoms with Crippen molar-refractivity contribution in [1.29, 1.82) is 0 Å². The monoisotopic (exact) mass is 352 g/mol. The van der Waals surface area contributed by atoms with E-state index in [9.17, 15) is 9.59 Å². The van der Waals surface area contributed by atoms with Gasteiger partial charge in [-0.05, 0) is 37.1 Å². The molecule has 26 heavy (non-hydrogen) atoms. The predicted octanol–water partition coefficient (Wildman–Crippen LogP) is 1.29. The molecule has 0 aliphatic carbocycles. The third-order valence-electron chi connectivity index (χ3n) is 4.47. The van der Waals surface area contributed by atoms with E-state index in [1.165, 1.54) is 6.20 Å². The van der Waals surface area contributed by atoms with E-state index in [0.29, 0.717) is 12.0 Å². The van der Waals surface area contributed by atoms with Gasteiger partial charge >= 0.3 is 0 Å². The Morgan fingerprint density at radius 3 is 2.73 bits per heavy atom. The Hall–Kier alpha value is -2.73. The van der Waals surface area contributed by atoms with Gasteiger partial charge in [0, 0.05) is 31.4 Å². The van der Waals surface area contributed by atoms with Crippen LogP contribution in [0.1, 0.15) is 28.8 Å². The summed E-state index contributed by atoms with van der Waals surface area (Å²) in [6, 6.07) is 12.6. The molecule has 1 fully saturated rings. The molecular formula is C20H24N4O2. The van der Waals surface area contributed by atoms with Gasteiger partial charge in [0.05, 0.1) is 5.56 Å². The van der Waals surface area contributed by atoms with Crippen molar-refractivity contribution in [3.8, 4) is 0 Å². The molecule has 3 N–H and O–H groups in total. The second-order valence-electron chi connectivity index (χ2n) is 6.51. The minimum Gasteiger partial charge on any atom is -0.350 e. The Kier molecular flexibility index (Phi) is 6.33. The second-order valence-corrected chi connectivity index (χ2v) is 6.51. The molecule has 1 unspecified atom stereocenters. The lowest BCUT2D eigenvalue weighted by Gasteiger charge is -2.26. The molecule has 2 heterocycles. The maximum atomic E-state index is 12.8. The highest BCUT2D eigenvalue weighted by Crippen LogP contribution is 2.07. The summed E-state index contributed by atoms with van der Waals surface area (Å²) in [5.74, 6) is -0.448. The van der Waals surface area contributed by atoms with Gasteiger partial charge < -0.3 is 16.0 Å². The lowest BCUT2D eigenvalue weighted by atomic mass is 10.0. The van der Waals surface area contributed by atoms with Crippen molar-refractivity contribution in [2.45, 2.75) is 31.3 Å². The van der Waals surface area contributed by atoms with Crippen LogP contribution in [0.2, 0.25) is 0 Å². The predicted molar refractivity (Wildman–Crippen MR) is 99.7 cm³/mol. The average molecular weight is 352 g/mol. The van der Waals surface area contributed by atoms with Crippen molar-refractivity contribution in [2.24, 2.45) is 0 Å². The van der Waals surface area contributed by atoms with E-state index in [0.717, 1.165) is 31.5 Å².